The second-order valence-corrected chi connectivity index (χ2v) is 4.49. The van der Waals surface area contributed by atoms with E-state index < -0.39 is 0 Å². The normalized spacial score (nSPS) is 9.95. The minimum absolute atomic E-state index is 0.138. The number of nitrogens with one attached hydrogen (secondary N) is 1. The molecule has 0 aliphatic rings. The van der Waals surface area contributed by atoms with E-state index in [0.29, 0.717) is 22.9 Å². The maximum Gasteiger partial charge on any atom is 0.228 e. The number of pyridine rings is 1. The minimum Gasteiger partial charge on any atom is -0.493 e. The van der Waals surface area contributed by atoms with Crippen LogP contribution in [0.25, 0.3) is 0 Å². The van der Waals surface area contributed by atoms with Gasteiger partial charge in [-0.05, 0) is 29.8 Å². The number of nitrogens with zero attached hydrogens (tertiary/aromatic N) is 1. The van der Waals surface area contributed by atoms with E-state index in [0.717, 1.165) is 5.56 Å². The van der Waals surface area contributed by atoms with Gasteiger partial charge in [-0.1, -0.05) is 0 Å². The SMILES string of the molecule is COc1cc(CC(=O)Nc2ccncc2)cc(OC)c1OC. The van der Waals surface area contributed by atoms with Crippen molar-refractivity contribution in [1.82, 2.24) is 4.98 Å². The number of anilines is 1. The molecule has 6 heteroatoms. The van der Waals surface area contributed by atoms with Gasteiger partial charge in [0.05, 0.1) is 27.8 Å². The van der Waals surface area contributed by atoms with E-state index in [4.69, 9.17) is 14.2 Å². The van der Waals surface area contributed by atoms with Gasteiger partial charge in [0, 0.05) is 18.1 Å². The molecule has 1 N–H and O–H groups in total. The minimum atomic E-state index is -0.138. The van der Waals surface area contributed by atoms with Gasteiger partial charge < -0.3 is 19.5 Å². The van der Waals surface area contributed by atoms with Crippen LogP contribution < -0.4 is 19.5 Å². The first-order valence-electron chi connectivity index (χ1n) is 6.66. The largest absolute Gasteiger partial charge is 0.493 e. The second kappa shape index (κ2) is 7.31. The van der Waals surface area contributed by atoms with E-state index in [1.54, 1.807) is 36.7 Å². The molecule has 0 bridgehead atoms. The van der Waals surface area contributed by atoms with Crippen LogP contribution in [0.1, 0.15) is 5.56 Å². The van der Waals surface area contributed by atoms with Gasteiger partial charge in [0.2, 0.25) is 11.7 Å². The van der Waals surface area contributed by atoms with E-state index in [9.17, 15) is 4.79 Å². The molecule has 0 saturated carbocycles. The van der Waals surface area contributed by atoms with E-state index in [1.165, 1.54) is 21.3 Å². The number of methoxy groups -OCH3 is 3. The number of carbonyl (C=O) groups excluding carboxylic acids is 1. The van der Waals surface area contributed by atoms with E-state index in [-0.39, 0.29) is 12.3 Å². The lowest BCUT2D eigenvalue weighted by Gasteiger charge is -2.14. The maximum absolute atomic E-state index is 12.1. The van der Waals surface area contributed by atoms with E-state index in [2.05, 4.69) is 10.3 Å². The smallest absolute Gasteiger partial charge is 0.228 e. The molecule has 22 heavy (non-hydrogen) atoms. The average Bonchev–Trinajstić information content (AvgIpc) is 2.54. The Kier molecular flexibility index (Phi) is 5.19. The number of ether oxygens (including phenoxy) is 3. The highest BCUT2D eigenvalue weighted by Gasteiger charge is 2.14. The third kappa shape index (κ3) is 3.66. The van der Waals surface area contributed by atoms with Crippen LogP contribution in [-0.2, 0) is 11.2 Å². The number of rotatable bonds is 6. The Balaban J connectivity index is 2.17. The molecule has 2 aromatic rings. The maximum atomic E-state index is 12.1. The molecular formula is C16H18N2O4. The summed E-state index contributed by atoms with van der Waals surface area (Å²) >= 11 is 0. The van der Waals surface area contributed by atoms with Crippen molar-refractivity contribution in [3.63, 3.8) is 0 Å². The number of carbonyl (C=O) groups is 1. The summed E-state index contributed by atoms with van der Waals surface area (Å²) in [5.74, 6) is 1.41. The first-order chi connectivity index (χ1) is 10.7. The van der Waals surface area contributed by atoms with Crippen LogP contribution in [0.5, 0.6) is 17.2 Å². The Morgan fingerprint density at radius 2 is 1.64 bits per heavy atom. The standard InChI is InChI=1S/C16H18N2O4/c1-20-13-8-11(9-14(21-2)16(13)22-3)10-15(19)18-12-4-6-17-7-5-12/h4-9H,10H2,1-3H3,(H,17,18,19). The predicted octanol–water partition coefficient (Wildman–Crippen LogP) is 2.29. The Labute approximate surface area is 129 Å². The van der Waals surface area contributed by atoms with Crippen molar-refractivity contribution in [2.75, 3.05) is 26.6 Å². The van der Waals surface area contributed by atoms with Gasteiger partial charge in [-0.3, -0.25) is 9.78 Å². The van der Waals surface area contributed by atoms with Crippen molar-refractivity contribution >= 4 is 11.6 Å². The molecule has 116 valence electrons. The summed E-state index contributed by atoms with van der Waals surface area (Å²) in [6, 6.07) is 6.97. The monoisotopic (exact) mass is 302 g/mol. The molecule has 0 aliphatic heterocycles. The van der Waals surface area contributed by atoms with Gasteiger partial charge in [0.1, 0.15) is 0 Å². The highest BCUT2D eigenvalue weighted by Crippen LogP contribution is 2.38. The second-order valence-electron chi connectivity index (χ2n) is 4.49. The summed E-state index contributed by atoms with van der Waals surface area (Å²) in [4.78, 5) is 16.0. The van der Waals surface area contributed by atoms with Gasteiger partial charge in [0.25, 0.3) is 0 Å². The molecule has 2 rings (SSSR count). The lowest BCUT2D eigenvalue weighted by atomic mass is 10.1. The van der Waals surface area contributed by atoms with Crippen molar-refractivity contribution < 1.29 is 19.0 Å². The third-order valence-electron chi connectivity index (χ3n) is 3.05. The van der Waals surface area contributed by atoms with Crippen molar-refractivity contribution in [2.24, 2.45) is 0 Å². The first kappa shape index (κ1) is 15.6. The van der Waals surface area contributed by atoms with Crippen LogP contribution in [0.15, 0.2) is 36.7 Å². The Hall–Kier alpha value is -2.76. The molecule has 0 fully saturated rings. The van der Waals surface area contributed by atoms with Crippen molar-refractivity contribution in [2.45, 2.75) is 6.42 Å². The molecule has 6 nitrogen and oxygen atoms in total. The van der Waals surface area contributed by atoms with Crippen LogP contribution >= 0.6 is 0 Å². The van der Waals surface area contributed by atoms with Crippen molar-refractivity contribution in [3.05, 3.63) is 42.2 Å². The fourth-order valence-corrected chi connectivity index (χ4v) is 2.06. The summed E-state index contributed by atoms with van der Waals surface area (Å²) in [5.41, 5.74) is 1.47. The number of hydrogen-bond acceptors (Lipinski definition) is 5. The third-order valence-corrected chi connectivity index (χ3v) is 3.05. The highest BCUT2D eigenvalue weighted by atomic mass is 16.5. The zero-order valence-corrected chi connectivity index (χ0v) is 12.8. The number of benzene rings is 1. The molecule has 0 unspecified atom stereocenters. The molecule has 1 heterocycles. The zero-order chi connectivity index (χ0) is 15.9. The summed E-state index contributed by atoms with van der Waals surface area (Å²) in [6.07, 6.45) is 3.43. The molecular weight excluding hydrogens is 284 g/mol. The number of aromatic nitrogens is 1. The van der Waals surface area contributed by atoms with Gasteiger partial charge in [-0.25, -0.2) is 0 Å². The Morgan fingerprint density at radius 3 is 2.14 bits per heavy atom. The Bertz CT molecular complexity index is 619. The summed E-state index contributed by atoms with van der Waals surface area (Å²) in [7, 11) is 4.62. The van der Waals surface area contributed by atoms with Crippen LogP contribution in [0.3, 0.4) is 0 Å². The van der Waals surface area contributed by atoms with Gasteiger partial charge >= 0.3 is 0 Å². The van der Waals surface area contributed by atoms with Crippen LogP contribution in [0.4, 0.5) is 5.69 Å². The van der Waals surface area contributed by atoms with Crippen LogP contribution in [-0.4, -0.2) is 32.2 Å². The van der Waals surface area contributed by atoms with Crippen LogP contribution in [0, 0.1) is 0 Å². The van der Waals surface area contributed by atoms with Gasteiger partial charge in [-0.2, -0.15) is 0 Å². The lowest BCUT2D eigenvalue weighted by Crippen LogP contribution is -2.14. The zero-order valence-electron chi connectivity index (χ0n) is 12.8. The molecule has 1 amide bonds. The Morgan fingerprint density at radius 1 is 1.05 bits per heavy atom. The van der Waals surface area contributed by atoms with Crippen molar-refractivity contribution in [1.29, 1.82) is 0 Å². The number of hydrogen-bond donors (Lipinski definition) is 1. The molecule has 1 aromatic carbocycles. The average molecular weight is 302 g/mol. The van der Waals surface area contributed by atoms with Crippen molar-refractivity contribution in [3.8, 4) is 17.2 Å². The molecule has 1 aromatic heterocycles. The lowest BCUT2D eigenvalue weighted by molar-refractivity contribution is -0.115. The van der Waals surface area contributed by atoms with Crippen LogP contribution in [0.2, 0.25) is 0 Å². The summed E-state index contributed by atoms with van der Waals surface area (Å²) in [5, 5.41) is 2.80. The highest BCUT2D eigenvalue weighted by molar-refractivity contribution is 5.92. The van der Waals surface area contributed by atoms with E-state index >= 15 is 0 Å². The summed E-state index contributed by atoms with van der Waals surface area (Å²) < 4.78 is 15.8. The summed E-state index contributed by atoms with van der Waals surface area (Å²) in [6.45, 7) is 0. The van der Waals surface area contributed by atoms with E-state index in [1.807, 2.05) is 0 Å². The molecule has 0 aliphatic carbocycles. The first-order valence-corrected chi connectivity index (χ1v) is 6.66. The molecule has 0 saturated heterocycles. The fraction of sp³-hybridized carbons (Fsp3) is 0.250. The topological polar surface area (TPSA) is 69.7 Å². The van der Waals surface area contributed by atoms with Gasteiger partial charge in [0.15, 0.2) is 11.5 Å². The molecule has 0 radical (unpaired) electrons. The number of amides is 1. The predicted molar refractivity (Wildman–Crippen MR) is 82.7 cm³/mol. The fourth-order valence-electron chi connectivity index (χ4n) is 2.06. The van der Waals surface area contributed by atoms with Gasteiger partial charge in [-0.15, -0.1) is 0 Å². The molecule has 0 spiro atoms. The molecule has 0 atom stereocenters. The quantitative estimate of drug-likeness (QED) is 0.886.